The molecule has 10 heteroatoms. The summed E-state index contributed by atoms with van der Waals surface area (Å²) in [6, 6.07) is 16.5. The topological polar surface area (TPSA) is 98.2 Å². The number of hydrogen-bond acceptors (Lipinski definition) is 8. The van der Waals surface area contributed by atoms with Gasteiger partial charge >= 0.3 is 0 Å². The summed E-state index contributed by atoms with van der Waals surface area (Å²) in [5.41, 5.74) is 1.53. The van der Waals surface area contributed by atoms with Crippen LogP contribution in [0.3, 0.4) is 0 Å². The van der Waals surface area contributed by atoms with Crippen LogP contribution in [0.4, 0.5) is 11.5 Å². The Kier molecular flexibility index (Phi) is 7.94. The smallest absolute Gasteiger partial charge is 0.267 e. The molecule has 2 aromatic carbocycles. The van der Waals surface area contributed by atoms with E-state index in [1.807, 2.05) is 30.3 Å². The highest BCUT2D eigenvalue weighted by atomic mass is 16.5. The molecular weight excluding hydrogens is 462 g/mol. The van der Waals surface area contributed by atoms with Crippen LogP contribution in [0.5, 0.6) is 17.2 Å². The number of nitrogens with zero attached hydrogens (tertiary/aromatic N) is 4. The van der Waals surface area contributed by atoms with E-state index in [1.54, 1.807) is 39.5 Å². The molecule has 36 heavy (non-hydrogen) atoms. The van der Waals surface area contributed by atoms with Gasteiger partial charge in [-0.25, -0.2) is 4.68 Å². The van der Waals surface area contributed by atoms with E-state index < -0.39 is 0 Å². The number of anilines is 2. The molecule has 1 N–H and O–H groups in total. The Hall–Kier alpha value is -4.21. The van der Waals surface area contributed by atoms with Crippen LogP contribution in [0.25, 0.3) is 0 Å². The number of nitrogens with one attached hydrogen (secondary N) is 1. The van der Waals surface area contributed by atoms with E-state index in [9.17, 15) is 9.59 Å². The second kappa shape index (κ2) is 11.5. The number of piperazine rings is 1. The third-order valence-electron chi connectivity index (χ3n) is 6.15. The van der Waals surface area contributed by atoms with Crippen LogP contribution in [0.1, 0.15) is 5.56 Å². The number of hydrogen-bond donors (Lipinski definition) is 1. The van der Waals surface area contributed by atoms with Crippen molar-refractivity contribution in [2.24, 2.45) is 0 Å². The summed E-state index contributed by atoms with van der Waals surface area (Å²) < 4.78 is 17.3. The van der Waals surface area contributed by atoms with Crippen molar-refractivity contribution in [1.82, 2.24) is 15.1 Å². The van der Waals surface area contributed by atoms with Crippen LogP contribution < -0.4 is 34.9 Å². The Morgan fingerprint density at radius 2 is 1.61 bits per heavy atom. The maximum absolute atomic E-state index is 12.6. The summed E-state index contributed by atoms with van der Waals surface area (Å²) in [5.74, 6) is 2.47. The van der Waals surface area contributed by atoms with E-state index in [0.717, 1.165) is 43.2 Å². The van der Waals surface area contributed by atoms with Gasteiger partial charge in [0.15, 0.2) is 0 Å². The predicted molar refractivity (Wildman–Crippen MR) is 137 cm³/mol. The molecule has 10 nitrogen and oxygen atoms in total. The quantitative estimate of drug-likeness (QED) is 0.483. The molecule has 0 bridgehead atoms. The number of aromatic nitrogens is 2. The third kappa shape index (κ3) is 5.70. The minimum atomic E-state index is -0.330. The molecule has 190 valence electrons. The van der Waals surface area contributed by atoms with Gasteiger partial charge in [-0.1, -0.05) is 12.1 Å². The summed E-state index contributed by atoms with van der Waals surface area (Å²) in [6.45, 7) is 3.10. The van der Waals surface area contributed by atoms with Crippen molar-refractivity contribution in [3.05, 3.63) is 70.5 Å². The van der Waals surface area contributed by atoms with E-state index >= 15 is 0 Å². The van der Waals surface area contributed by atoms with Crippen molar-refractivity contribution in [1.29, 1.82) is 0 Å². The molecular formula is C26H31N5O5. The summed E-state index contributed by atoms with van der Waals surface area (Å²) in [5, 5.41) is 7.29. The fourth-order valence-electron chi connectivity index (χ4n) is 4.17. The summed E-state index contributed by atoms with van der Waals surface area (Å²) in [7, 11) is 4.81. The third-order valence-corrected chi connectivity index (χ3v) is 6.15. The Morgan fingerprint density at radius 1 is 0.889 bits per heavy atom. The van der Waals surface area contributed by atoms with Gasteiger partial charge in [0.2, 0.25) is 5.91 Å². The average Bonchev–Trinajstić information content (AvgIpc) is 2.93. The van der Waals surface area contributed by atoms with Crippen molar-refractivity contribution < 1.29 is 19.0 Å². The zero-order valence-corrected chi connectivity index (χ0v) is 20.8. The molecule has 4 rings (SSSR count). The number of amides is 1. The molecule has 1 amide bonds. The number of para-hydroxylation sites is 2. The van der Waals surface area contributed by atoms with E-state index in [4.69, 9.17) is 14.2 Å². The number of benzene rings is 2. The maximum Gasteiger partial charge on any atom is 0.267 e. The summed E-state index contributed by atoms with van der Waals surface area (Å²) in [4.78, 5) is 29.4. The lowest BCUT2D eigenvalue weighted by Gasteiger charge is -2.37. The second-order valence-corrected chi connectivity index (χ2v) is 8.29. The van der Waals surface area contributed by atoms with Gasteiger partial charge in [-0.2, -0.15) is 5.10 Å². The average molecular weight is 494 g/mol. The van der Waals surface area contributed by atoms with Crippen LogP contribution in [0.2, 0.25) is 0 Å². The van der Waals surface area contributed by atoms with Crippen molar-refractivity contribution in [3.63, 3.8) is 0 Å². The lowest BCUT2D eigenvalue weighted by molar-refractivity contribution is -0.122. The first-order valence-corrected chi connectivity index (χ1v) is 11.7. The molecule has 0 atom stereocenters. The maximum atomic E-state index is 12.6. The zero-order valence-electron chi connectivity index (χ0n) is 20.8. The number of ether oxygens (including phenoxy) is 3. The molecule has 1 fully saturated rings. The highest BCUT2D eigenvalue weighted by Crippen LogP contribution is 2.29. The lowest BCUT2D eigenvalue weighted by atomic mass is 10.2. The molecule has 1 aliphatic rings. The van der Waals surface area contributed by atoms with Gasteiger partial charge in [-0.15, -0.1) is 0 Å². The van der Waals surface area contributed by atoms with E-state index in [2.05, 4.69) is 20.2 Å². The molecule has 0 saturated carbocycles. The molecule has 2 heterocycles. The van der Waals surface area contributed by atoms with Crippen LogP contribution in [-0.4, -0.2) is 63.2 Å². The van der Waals surface area contributed by atoms with E-state index in [1.165, 1.54) is 10.7 Å². The largest absolute Gasteiger partial charge is 0.497 e. The van der Waals surface area contributed by atoms with Crippen molar-refractivity contribution in [2.75, 3.05) is 57.3 Å². The van der Waals surface area contributed by atoms with E-state index in [-0.39, 0.29) is 24.6 Å². The monoisotopic (exact) mass is 493 g/mol. The number of carbonyl (C=O) groups is 1. The first-order valence-electron chi connectivity index (χ1n) is 11.7. The predicted octanol–water partition coefficient (Wildman–Crippen LogP) is 1.91. The Morgan fingerprint density at radius 3 is 2.33 bits per heavy atom. The van der Waals surface area contributed by atoms with Gasteiger partial charge in [-0.05, 0) is 30.3 Å². The second-order valence-electron chi connectivity index (χ2n) is 8.29. The van der Waals surface area contributed by atoms with Crippen molar-refractivity contribution >= 4 is 17.4 Å². The van der Waals surface area contributed by atoms with Crippen LogP contribution in [0.15, 0.2) is 59.4 Å². The minimum Gasteiger partial charge on any atom is -0.497 e. The molecule has 3 aromatic rings. The lowest BCUT2D eigenvalue weighted by Crippen LogP contribution is -2.47. The standard InChI is InChI=1S/C26H31N5O5/c1-34-20-9-8-19(23(16-20)36-3)17-27-25(32)18-31-26(33)11-10-24(28-31)30-14-12-29(13-15-30)21-6-4-5-7-22(21)35-2/h4-11,16H,12-15,17-18H2,1-3H3,(H,27,32). The fraction of sp³-hybridized carbons (Fsp3) is 0.346. The van der Waals surface area contributed by atoms with Gasteiger partial charge in [0.25, 0.3) is 5.56 Å². The van der Waals surface area contributed by atoms with Gasteiger partial charge in [-0.3, -0.25) is 9.59 Å². The zero-order chi connectivity index (χ0) is 25.5. The van der Waals surface area contributed by atoms with Gasteiger partial charge in [0.1, 0.15) is 29.6 Å². The Labute approximate surface area is 210 Å². The Bertz CT molecular complexity index is 1250. The molecule has 1 saturated heterocycles. The molecule has 0 radical (unpaired) electrons. The van der Waals surface area contributed by atoms with Crippen LogP contribution >= 0.6 is 0 Å². The van der Waals surface area contributed by atoms with E-state index in [0.29, 0.717) is 17.3 Å². The highest BCUT2D eigenvalue weighted by molar-refractivity contribution is 5.75. The normalized spacial score (nSPS) is 13.3. The van der Waals surface area contributed by atoms with Crippen LogP contribution in [-0.2, 0) is 17.9 Å². The van der Waals surface area contributed by atoms with Gasteiger partial charge < -0.3 is 29.3 Å². The molecule has 1 aromatic heterocycles. The van der Waals surface area contributed by atoms with Crippen LogP contribution in [0, 0.1) is 0 Å². The molecule has 0 unspecified atom stereocenters. The first-order chi connectivity index (χ1) is 17.5. The summed E-state index contributed by atoms with van der Waals surface area (Å²) >= 11 is 0. The molecule has 1 aliphatic heterocycles. The van der Waals surface area contributed by atoms with Crippen molar-refractivity contribution in [2.45, 2.75) is 13.1 Å². The SMILES string of the molecule is COc1ccc(CNC(=O)Cn2nc(N3CCN(c4ccccc4OC)CC3)ccc2=O)c(OC)c1. The fourth-order valence-corrected chi connectivity index (χ4v) is 4.17. The van der Waals surface area contributed by atoms with Gasteiger partial charge in [0, 0.05) is 50.4 Å². The van der Waals surface area contributed by atoms with Gasteiger partial charge in [0.05, 0.1) is 27.0 Å². The summed E-state index contributed by atoms with van der Waals surface area (Å²) in [6.07, 6.45) is 0. The number of rotatable bonds is 9. The Balaban J connectivity index is 1.37. The van der Waals surface area contributed by atoms with Crippen molar-refractivity contribution in [3.8, 4) is 17.2 Å². The minimum absolute atomic E-state index is 0.174. The number of methoxy groups -OCH3 is 3. The highest BCUT2D eigenvalue weighted by Gasteiger charge is 2.21. The first kappa shape index (κ1) is 24.9. The molecule has 0 aliphatic carbocycles. The molecule has 0 spiro atoms. The number of carbonyl (C=O) groups excluding carboxylic acids is 1.